The Morgan fingerprint density at radius 3 is 2.48 bits per heavy atom. The molecular weight excluding hydrogens is 280 g/mol. The summed E-state index contributed by atoms with van der Waals surface area (Å²) >= 11 is 6.22. The molecule has 1 saturated carbocycles. The van der Waals surface area contributed by atoms with Crippen LogP contribution in [-0.4, -0.2) is 13.1 Å². The average Bonchev–Trinajstić information content (AvgIpc) is 3.32. The Balaban J connectivity index is 1.61. The van der Waals surface area contributed by atoms with Crippen LogP contribution in [-0.2, 0) is 13.1 Å². The molecule has 0 atom stereocenters. The van der Waals surface area contributed by atoms with Gasteiger partial charge in [0.05, 0.1) is 0 Å². The molecule has 1 N–H and O–H groups in total. The lowest BCUT2D eigenvalue weighted by molar-refractivity contribution is 0.688. The summed E-state index contributed by atoms with van der Waals surface area (Å²) in [5.74, 6) is 0. The van der Waals surface area contributed by atoms with E-state index in [-0.39, 0.29) is 0 Å². The minimum absolute atomic E-state index is 0.757. The van der Waals surface area contributed by atoms with Crippen LogP contribution in [0.25, 0.3) is 0 Å². The molecular formula is C18H21ClN2. The summed E-state index contributed by atoms with van der Waals surface area (Å²) in [6.07, 6.45) is 2.66. The van der Waals surface area contributed by atoms with E-state index in [9.17, 15) is 0 Å². The number of nitrogens with one attached hydrogen (secondary N) is 1. The lowest BCUT2D eigenvalue weighted by Crippen LogP contribution is -2.17. The standard InChI is InChI=1S/C18H21ClN2/c1-21(13-15-4-2-3-5-18(15)19)17-10-6-14(7-11-17)12-20-16-8-9-16/h2-7,10-11,16,20H,8-9,12-13H2,1H3. The molecule has 3 heteroatoms. The molecule has 0 saturated heterocycles. The van der Waals surface area contributed by atoms with Gasteiger partial charge in [-0.1, -0.05) is 41.9 Å². The van der Waals surface area contributed by atoms with Gasteiger partial charge < -0.3 is 10.2 Å². The zero-order valence-corrected chi connectivity index (χ0v) is 13.1. The highest BCUT2D eigenvalue weighted by molar-refractivity contribution is 6.31. The minimum atomic E-state index is 0.757. The van der Waals surface area contributed by atoms with Crippen LogP contribution in [0, 0.1) is 0 Å². The Bertz CT molecular complexity index is 590. The SMILES string of the molecule is CN(Cc1ccccc1Cl)c1ccc(CNC2CC2)cc1. The number of hydrogen-bond acceptors (Lipinski definition) is 2. The number of hydrogen-bond donors (Lipinski definition) is 1. The zero-order valence-electron chi connectivity index (χ0n) is 12.3. The number of rotatable bonds is 6. The smallest absolute Gasteiger partial charge is 0.0455 e. The van der Waals surface area contributed by atoms with E-state index >= 15 is 0 Å². The number of nitrogens with zero attached hydrogens (tertiary/aromatic N) is 1. The fourth-order valence-electron chi connectivity index (χ4n) is 2.39. The third-order valence-corrected chi connectivity index (χ3v) is 4.28. The van der Waals surface area contributed by atoms with Gasteiger partial charge in [-0.05, 0) is 42.2 Å². The van der Waals surface area contributed by atoms with Crippen LogP contribution in [0.2, 0.25) is 5.02 Å². The maximum Gasteiger partial charge on any atom is 0.0455 e. The molecule has 0 heterocycles. The molecule has 0 bridgehead atoms. The number of benzene rings is 2. The first-order valence-corrected chi connectivity index (χ1v) is 7.87. The second-order valence-corrected chi connectivity index (χ2v) is 6.18. The largest absolute Gasteiger partial charge is 0.370 e. The predicted molar refractivity (Wildman–Crippen MR) is 89.9 cm³/mol. The molecule has 0 aromatic heterocycles. The van der Waals surface area contributed by atoms with E-state index in [2.05, 4.69) is 47.6 Å². The van der Waals surface area contributed by atoms with Crippen LogP contribution in [0.15, 0.2) is 48.5 Å². The van der Waals surface area contributed by atoms with Gasteiger partial charge >= 0.3 is 0 Å². The summed E-state index contributed by atoms with van der Waals surface area (Å²) < 4.78 is 0. The summed E-state index contributed by atoms with van der Waals surface area (Å²) in [5.41, 5.74) is 3.71. The molecule has 1 fully saturated rings. The Labute approximate surface area is 131 Å². The highest BCUT2D eigenvalue weighted by Gasteiger charge is 2.19. The van der Waals surface area contributed by atoms with Crippen molar-refractivity contribution in [1.82, 2.24) is 5.32 Å². The molecule has 0 amide bonds. The quantitative estimate of drug-likeness (QED) is 0.859. The normalized spacial score (nSPS) is 14.2. The summed E-state index contributed by atoms with van der Waals surface area (Å²) in [7, 11) is 2.10. The second-order valence-electron chi connectivity index (χ2n) is 5.77. The Morgan fingerprint density at radius 2 is 1.81 bits per heavy atom. The lowest BCUT2D eigenvalue weighted by Gasteiger charge is -2.20. The van der Waals surface area contributed by atoms with Gasteiger partial charge in [-0.15, -0.1) is 0 Å². The van der Waals surface area contributed by atoms with Crippen LogP contribution >= 0.6 is 11.6 Å². The van der Waals surface area contributed by atoms with E-state index in [0.29, 0.717) is 0 Å². The number of halogens is 1. The van der Waals surface area contributed by atoms with Crippen molar-refractivity contribution < 1.29 is 0 Å². The fourth-order valence-corrected chi connectivity index (χ4v) is 2.59. The minimum Gasteiger partial charge on any atom is -0.370 e. The van der Waals surface area contributed by atoms with Crippen molar-refractivity contribution in [1.29, 1.82) is 0 Å². The first kappa shape index (κ1) is 14.4. The van der Waals surface area contributed by atoms with Gasteiger partial charge in [-0.3, -0.25) is 0 Å². The molecule has 0 unspecified atom stereocenters. The van der Waals surface area contributed by atoms with Gasteiger partial charge in [-0.25, -0.2) is 0 Å². The summed E-state index contributed by atoms with van der Waals surface area (Å²) in [4.78, 5) is 2.22. The molecule has 110 valence electrons. The second kappa shape index (κ2) is 6.50. The Hall–Kier alpha value is -1.51. The highest BCUT2D eigenvalue weighted by atomic mass is 35.5. The van der Waals surface area contributed by atoms with Gasteiger partial charge in [0.15, 0.2) is 0 Å². The van der Waals surface area contributed by atoms with Gasteiger partial charge in [0, 0.05) is 36.9 Å². The molecule has 1 aliphatic rings. The Morgan fingerprint density at radius 1 is 1.10 bits per heavy atom. The maximum absolute atomic E-state index is 6.22. The van der Waals surface area contributed by atoms with Crippen molar-refractivity contribution in [3.63, 3.8) is 0 Å². The summed E-state index contributed by atoms with van der Waals surface area (Å²) in [6, 6.07) is 17.5. The van der Waals surface area contributed by atoms with Crippen LogP contribution in [0.3, 0.4) is 0 Å². The third kappa shape index (κ3) is 3.99. The first-order chi connectivity index (χ1) is 10.2. The van der Waals surface area contributed by atoms with E-state index in [0.717, 1.165) is 29.7 Å². The van der Waals surface area contributed by atoms with Crippen LogP contribution in [0.1, 0.15) is 24.0 Å². The van der Waals surface area contributed by atoms with E-state index in [4.69, 9.17) is 11.6 Å². The number of anilines is 1. The van der Waals surface area contributed by atoms with E-state index < -0.39 is 0 Å². The molecule has 0 spiro atoms. The third-order valence-electron chi connectivity index (χ3n) is 3.91. The van der Waals surface area contributed by atoms with Crippen LogP contribution < -0.4 is 10.2 Å². The van der Waals surface area contributed by atoms with Crippen molar-refractivity contribution in [2.75, 3.05) is 11.9 Å². The molecule has 21 heavy (non-hydrogen) atoms. The molecule has 0 radical (unpaired) electrons. The molecule has 1 aliphatic carbocycles. The van der Waals surface area contributed by atoms with Gasteiger partial charge in [0.25, 0.3) is 0 Å². The van der Waals surface area contributed by atoms with Crippen LogP contribution in [0.5, 0.6) is 0 Å². The van der Waals surface area contributed by atoms with Crippen molar-refractivity contribution in [2.24, 2.45) is 0 Å². The summed E-state index contributed by atoms with van der Waals surface area (Å²) in [5, 5.41) is 4.37. The van der Waals surface area contributed by atoms with Crippen molar-refractivity contribution in [2.45, 2.75) is 32.0 Å². The molecule has 3 rings (SSSR count). The first-order valence-electron chi connectivity index (χ1n) is 7.49. The fraction of sp³-hybridized carbons (Fsp3) is 0.333. The van der Waals surface area contributed by atoms with E-state index in [1.807, 2.05) is 18.2 Å². The highest BCUT2D eigenvalue weighted by Crippen LogP contribution is 2.22. The van der Waals surface area contributed by atoms with Crippen molar-refractivity contribution in [3.8, 4) is 0 Å². The monoisotopic (exact) mass is 300 g/mol. The predicted octanol–water partition coefficient (Wildman–Crippen LogP) is 4.23. The molecule has 2 nitrogen and oxygen atoms in total. The van der Waals surface area contributed by atoms with E-state index in [1.165, 1.54) is 24.1 Å². The molecule has 0 aliphatic heterocycles. The van der Waals surface area contributed by atoms with E-state index in [1.54, 1.807) is 0 Å². The lowest BCUT2D eigenvalue weighted by atomic mass is 10.1. The van der Waals surface area contributed by atoms with Gasteiger partial charge in [0.2, 0.25) is 0 Å². The Kier molecular flexibility index (Phi) is 4.47. The maximum atomic E-state index is 6.22. The molecule has 2 aromatic rings. The van der Waals surface area contributed by atoms with Gasteiger partial charge in [0.1, 0.15) is 0 Å². The summed E-state index contributed by atoms with van der Waals surface area (Å²) in [6.45, 7) is 1.79. The zero-order chi connectivity index (χ0) is 14.7. The van der Waals surface area contributed by atoms with Crippen molar-refractivity contribution in [3.05, 3.63) is 64.7 Å². The van der Waals surface area contributed by atoms with Crippen LogP contribution in [0.4, 0.5) is 5.69 Å². The van der Waals surface area contributed by atoms with Crippen molar-refractivity contribution >= 4 is 17.3 Å². The topological polar surface area (TPSA) is 15.3 Å². The average molecular weight is 301 g/mol. The van der Waals surface area contributed by atoms with Gasteiger partial charge in [-0.2, -0.15) is 0 Å². The molecule has 2 aromatic carbocycles.